The summed E-state index contributed by atoms with van der Waals surface area (Å²) < 4.78 is 0. The molecule has 0 fully saturated rings. The Hall–Kier alpha value is -0.570. The topological polar surface area (TPSA) is 35.8 Å². The van der Waals surface area contributed by atoms with Gasteiger partial charge in [0, 0.05) is 19.5 Å². The molecule has 0 saturated heterocycles. The fourth-order valence-corrected chi connectivity index (χ4v) is 1.66. The highest BCUT2D eigenvalue weighted by Crippen LogP contribution is 2.08. The van der Waals surface area contributed by atoms with Crippen LogP contribution in [0.15, 0.2) is 4.99 Å². The van der Waals surface area contributed by atoms with Crippen molar-refractivity contribution in [1.29, 1.82) is 0 Å². The van der Waals surface area contributed by atoms with Crippen molar-refractivity contribution in [3.63, 3.8) is 0 Å². The van der Waals surface area contributed by atoms with Crippen LogP contribution >= 0.6 is 0 Å². The Morgan fingerprint density at radius 2 is 2.31 bits per heavy atom. The van der Waals surface area contributed by atoms with Crippen molar-refractivity contribution in [1.82, 2.24) is 4.90 Å². The van der Waals surface area contributed by atoms with Crippen LogP contribution in [0.25, 0.3) is 0 Å². The van der Waals surface area contributed by atoms with Gasteiger partial charge in [-0.15, -0.1) is 0 Å². The van der Waals surface area contributed by atoms with Crippen LogP contribution in [-0.2, 0) is 0 Å². The lowest BCUT2D eigenvalue weighted by molar-refractivity contribution is 0.255. The number of unbranched alkanes of at least 4 members (excludes halogenated alkanes) is 2. The van der Waals surface area contributed by atoms with E-state index in [0.717, 1.165) is 26.1 Å². The second-order valence-electron chi connectivity index (χ2n) is 3.47. The zero-order chi connectivity index (χ0) is 9.52. The first-order chi connectivity index (χ1) is 6.38. The van der Waals surface area contributed by atoms with E-state index in [-0.39, 0.29) is 6.61 Å². The van der Waals surface area contributed by atoms with Gasteiger partial charge in [-0.1, -0.05) is 19.8 Å². The molecule has 1 N–H and O–H groups in total. The van der Waals surface area contributed by atoms with E-state index in [1.807, 2.05) is 0 Å². The van der Waals surface area contributed by atoms with Crippen molar-refractivity contribution in [3.8, 4) is 0 Å². The second kappa shape index (κ2) is 5.97. The maximum Gasteiger partial charge on any atom is 0.0991 e. The average Bonchev–Trinajstić information content (AvgIpc) is 2.54. The third kappa shape index (κ3) is 3.35. The SMILES string of the molecule is CCCCCC1=NCCN1CCO. The maximum atomic E-state index is 8.82. The summed E-state index contributed by atoms with van der Waals surface area (Å²) in [4.78, 5) is 6.64. The molecule has 0 aromatic heterocycles. The molecule has 0 aromatic rings. The van der Waals surface area contributed by atoms with Crippen molar-refractivity contribution in [2.75, 3.05) is 26.2 Å². The van der Waals surface area contributed by atoms with Crippen LogP contribution in [0.4, 0.5) is 0 Å². The van der Waals surface area contributed by atoms with Gasteiger partial charge in [0.1, 0.15) is 0 Å². The number of hydrogen-bond donors (Lipinski definition) is 1. The highest BCUT2D eigenvalue weighted by Gasteiger charge is 2.14. The Morgan fingerprint density at radius 1 is 1.46 bits per heavy atom. The van der Waals surface area contributed by atoms with Gasteiger partial charge in [0.2, 0.25) is 0 Å². The van der Waals surface area contributed by atoms with E-state index >= 15 is 0 Å². The van der Waals surface area contributed by atoms with Gasteiger partial charge < -0.3 is 10.0 Å². The summed E-state index contributed by atoms with van der Waals surface area (Å²) in [6.07, 6.45) is 4.87. The Labute approximate surface area is 80.5 Å². The van der Waals surface area contributed by atoms with E-state index < -0.39 is 0 Å². The van der Waals surface area contributed by atoms with E-state index in [2.05, 4.69) is 16.8 Å². The first-order valence-electron chi connectivity index (χ1n) is 5.27. The number of β-amino-alcohol motifs (C(OH)–C–C–N with tert-alkyl or cyclic N) is 1. The quantitative estimate of drug-likeness (QED) is 0.631. The summed E-state index contributed by atoms with van der Waals surface area (Å²) in [5.41, 5.74) is 0. The minimum Gasteiger partial charge on any atom is -0.395 e. The lowest BCUT2D eigenvalue weighted by Crippen LogP contribution is -2.30. The molecule has 1 rings (SSSR count). The number of amidine groups is 1. The molecule has 1 aliphatic rings. The first-order valence-corrected chi connectivity index (χ1v) is 5.27. The molecule has 3 nitrogen and oxygen atoms in total. The summed E-state index contributed by atoms with van der Waals surface area (Å²) in [5, 5.41) is 8.82. The van der Waals surface area contributed by atoms with Crippen LogP contribution in [0.1, 0.15) is 32.6 Å². The Bertz CT molecular complexity index is 168. The molecule has 0 unspecified atom stereocenters. The van der Waals surface area contributed by atoms with E-state index in [4.69, 9.17) is 5.11 Å². The molecule has 0 radical (unpaired) electrons. The molecule has 0 saturated carbocycles. The lowest BCUT2D eigenvalue weighted by Gasteiger charge is -2.18. The second-order valence-corrected chi connectivity index (χ2v) is 3.47. The third-order valence-corrected chi connectivity index (χ3v) is 2.40. The summed E-state index contributed by atoms with van der Waals surface area (Å²) in [5.74, 6) is 1.21. The van der Waals surface area contributed by atoms with Crippen LogP contribution in [0, 0.1) is 0 Å². The van der Waals surface area contributed by atoms with Gasteiger partial charge in [-0.25, -0.2) is 0 Å². The van der Waals surface area contributed by atoms with Gasteiger partial charge in [-0.05, 0) is 6.42 Å². The minimum atomic E-state index is 0.243. The van der Waals surface area contributed by atoms with Crippen molar-refractivity contribution in [3.05, 3.63) is 0 Å². The fourth-order valence-electron chi connectivity index (χ4n) is 1.66. The van der Waals surface area contributed by atoms with Crippen molar-refractivity contribution in [2.24, 2.45) is 4.99 Å². The molecule has 0 spiro atoms. The van der Waals surface area contributed by atoms with Crippen LogP contribution in [-0.4, -0.2) is 42.1 Å². The molecular weight excluding hydrogens is 164 g/mol. The van der Waals surface area contributed by atoms with E-state index in [0.29, 0.717) is 0 Å². The Balaban J connectivity index is 2.22. The first kappa shape index (κ1) is 10.5. The number of hydrogen-bond acceptors (Lipinski definition) is 3. The largest absolute Gasteiger partial charge is 0.395 e. The van der Waals surface area contributed by atoms with Crippen molar-refractivity contribution < 1.29 is 5.11 Å². The molecule has 0 aliphatic carbocycles. The van der Waals surface area contributed by atoms with Gasteiger partial charge in [0.15, 0.2) is 0 Å². The number of rotatable bonds is 6. The summed E-state index contributed by atoms with van der Waals surface area (Å²) in [6, 6.07) is 0. The standard InChI is InChI=1S/C10H20N2O/c1-2-3-4-5-10-11-6-7-12(10)8-9-13/h13H,2-9H2,1H3. The molecule has 76 valence electrons. The zero-order valence-corrected chi connectivity index (χ0v) is 8.50. The van der Waals surface area contributed by atoms with Crippen LogP contribution in [0.2, 0.25) is 0 Å². The summed E-state index contributed by atoms with van der Waals surface area (Å²) in [6.45, 7) is 5.13. The van der Waals surface area contributed by atoms with Crippen molar-refractivity contribution >= 4 is 5.84 Å². The van der Waals surface area contributed by atoms with E-state index in [1.54, 1.807) is 0 Å². The normalized spacial score (nSPS) is 16.5. The summed E-state index contributed by atoms with van der Waals surface area (Å²) >= 11 is 0. The highest BCUT2D eigenvalue weighted by molar-refractivity contribution is 5.83. The van der Waals surface area contributed by atoms with E-state index in [9.17, 15) is 0 Å². The van der Waals surface area contributed by atoms with Gasteiger partial charge in [0.05, 0.1) is 19.0 Å². The smallest absolute Gasteiger partial charge is 0.0991 e. The number of aliphatic hydroxyl groups is 1. The molecule has 1 aliphatic heterocycles. The predicted octanol–water partition coefficient (Wildman–Crippen LogP) is 1.27. The number of aliphatic imine (C=N–C) groups is 1. The predicted molar refractivity (Wildman–Crippen MR) is 55.1 cm³/mol. The van der Waals surface area contributed by atoms with Crippen LogP contribution < -0.4 is 0 Å². The number of nitrogens with zero attached hydrogens (tertiary/aromatic N) is 2. The molecule has 0 atom stereocenters. The van der Waals surface area contributed by atoms with E-state index in [1.165, 1.54) is 25.1 Å². The van der Waals surface area contributed by atoms with Gasteiger partial charge >= 0.3 is 0 Å². The molecule has 13 heavy (non-hydrogen) atoms. The Kier molecular flexibility index (Phi) is 4.83. The molecule has 0 amide bonds. The molecular formula is C10H20N2O. The molecule has 1 heterocycles. The number of aliphatic hydroxyl groups excluding tert-OH is 1. The molecule has 0 bridgehead atoms. The summed E-state index contributed by atoms with van der Waals surface area (Å²) in [7, 11) is 0. The average molecular weight is 184 g/mol. The monoisotopic (exact) mass is 184 g/mol. The van der Waals surface area contributed by atoms with Crippen molar-refractivity contribution in [2.45, 2.75) is 32.6 Å². The molecule has 0 aromatic carbocycles. The highest BCUT2D eigenvalue weighted by atomic mass is 16.3. The van der Waals surface area contributed by atoms with Gasteiger partial charge in [-0.3, -0.25) is 4.99 Å². The minimum absolute atomic E-state index is 0.243. The maximum absolute atomic E-state index is 8.82. The third-order valence-electron chi connectivity index (χ3n) is 2.40. The fraction of sp³-hybridized carbons (Fsp3) is 0.900. The van der Waals surface area contributed by atoms with Gasteiger partial charge in [-0.2, -0.15) is 0 Å². The Morgan fingerprint density at radius 3 is 3.00 bits per heavy atom. The zero-order valence-electron chi connectivity index (χ0n) is 8.50. The van der Waals surface area contributed by atoms with Crippen LogP contribution in [0.3, 0.4) is 0 Å². The molecule has 3 heteroatoms. The van der Waals surface area contributed by atoms with Gasteiger partial charge in [0.25, 0.3) is 0 Å². The lowest BCUT2D eigenvalue weighted by atomic mass is 10.2. The van der Waals surface area contributed by atoms with Crippen LogP contribution in [0.5, 0.6) is 0 Å².